The second-order valence-corrected chi connectivity index (χ2v) is 4.86. The van der Waals surface area contributed by atoms with Gasteiger partial charge in [-0.25, -0.2) is 0 Å². The van der Waals surface area contributed by atoms with E-state index in [1.807, 2.05) is 0 Å². The molecule has 0 aromatic carbocycles. The van der Waals surface area contributed by atoms with Crippen molar-refractivity contribution in [1.29, 1.82) is 5.26 Å². The van der Waals surface area contributed by atoms with E-state index in [1.165, 1.54) is 0 Å². The summed E-state index contributed by atoms with van der Waals surface area (Å²) in [7, 11) is 0. The number of nitrogens with one attached hydrogen (secondary N) is 1. The molecule has 3 heteroatoms. The topological polar surface area (TPSA) is 52.9 Å². The van der Waals surface area contributed by atoms with Crippen LogP contribution in [0.2, 0.25) is 0 Å². The highest BCUT2D eigenvalue weighted by molar-refractivity contribution is 5.86. The van der Waals surface area contributed by atoms with Gasteiger partial charge in [-0.2, -0.15) is 5.26 Å². The van der Waals surface area contributed by atoms with E-state index in [9.17, 15) is 10.1 Å². The molecule has 0 radical (unpaired) electrons. The molecule has 0 aliphatic heterocycles. The van der Waals surface area contributed by atoms with Gasteiger partial charge in [0.05, 0.1) is 6.07 Å². The molecule has 0 saturated heterocycles. The van der Waals surface area contributed by atoms with Gasteiger partial charge in [-0.05, 0) is 32.1 Å². The molecule has 1 fully saturated rings. The van der Waals surface area contributed by atoms with Crippen LogP contribution in [0.3, 0.4) is 0 Å². The molecule has 1 unspecified atom stereocenters. The van der Waals surface area contributed by atoms with Crippen LogP contribution in [0, 0.1) is 16.7 Å². The normalized spacial score (nSPS) is 27.3. The fourth-order valence-electron chi connectivity index (χ4n) is 2.62. The largest absolute Gasteiger partial charge is 0.352 e. The zero-order chi connectivity index (χ0) is 11.4. The summed E-state index contributed by atoms with van der Waals surface area (Å²) >= 11 is 0. The van der Waals surface area contributed by atoms with Gasteiger partial charge in [0, 0.05) is 6.04 Å². The molecule has 0 aromatic rings. The van der Waals surface area contributed by atoms with E-state index in [1.54, 1.807) is 0 Å². The van der Waals surface area contributed by atoms with E-state index in [0.29, 0.717) is 0 Å². The molecule has 3 nitrogen and oxygen atoms in total. The molecule has 0 spiro atoms. The molecule has 1 amide bonds. The molecule has 1 N–H and O–H groups in total. The molecular formula is C13H18N2O. The van der Waals surface area contributed by atoms with E-state index in [4.69, 9.17) is 0 Å². The molecule has 2 aliphatic carbocycles. The molecule has 2 rings (SSSR count). The maximum Gasteiger partial charge on any atom is 0.240 e. The standard InChI is InChI=1S/C13H18N2O/c14-10-13(8-4-5-9-13)12(16)15-11-6-2-1-3-7-11/h1-2,11H,3-9H2,(H,15,16). The number of hydrogen-bond acceptors (Lipinski definition) is 2. The SMILES string of the molecule is N#CC1(C(=O)NC2CC=CCC2)CCCC1. The highest BCUT2D eigenvalue weighted by Crippen LogP contribution is 2.37. The van der Waals surface area contributed by atoms with Crippen molar-refractivity contribution >= 4 is 5.91 Å². The van der Waals surface area contributed by atoms with Gasteiger partial charge in [0.2, 0.25) is 5.91 Å². The quantitative estimate of drug-likeness (QED) is 0.723. The van der Waals surface area contributed by atoms with Crippen molar-refractivity contribution in [3.05, 3.63) is 12.2 Å². The number of hydrogen-bond donors (Lipinski definition) is 1. The Morgan fingerprint density at radius 3 is 2.69 bits per heavy atom. The lowest BCUT2D eigenvalue weighted by Gasteiger charge is -2.25. The Hall–Kier alpha value is -1.30. The van der Waals surface area contributed by atoms with E-state index in [2.05, 4.69) is 23.5 Å². The molecule has 0 aromatic heterocycles. The Bertz CT molecular complexity index is 334. The summed E-state index contributed by atoms with van der Waals surface area (Å²) in [6, 6.07) is 2.48. The minimum Gasteiger partial charge on any atom is -0.352 e. The lowest BCUT2D eigenvalue weighted by molar-refractivity contribution is -0.128. The van der Waals surface area contributed by atoms with Crippen molar-refractivity contribution in [2.45, 2.75) is 51.0 Å². The molecule has 1 saturated carbocycles. The van der Waals surface area contributed by atoms with Gasteiger partial charge >= 0.3 is 0 Å². The summed E-state index contributed by atoms with van der Waals surface area (Å²) in [5.41, 5.74) is -0.721. The van der Waals surface area contributed by atoms with Crippen LogP contribution in [0.15, 0.2) is 12.2 Å². The van der Waals surface area contributed by atoms with Crippen LogP contribution in [0.4, 0.5) is 0 Å². The minimum absolute atomic E-state index is 0.0344. The second-order valence-electron chi connectivity index (χ2n) is 4.86. The number of carbonyl (C=O) groups excluding carboxylic acids is 1. The van der Waals surface area contributed by atoms with Crippen LogP contribution >= 0.6 is 0 Å². The predicted molar refractivity (Wildman–Crippen MR) is 61.4 cm³/mol. The first-order valence-electron chi connectivity index (χ1n) is 6.14. The lowest BCUT2D eigenvalue weighted by atomic mass is 9.86. The number of allylic oxidation sites excluding steroid dienone is 1. The zero-order valence-corrected chi connectivity index (χ0v) is 9.54. The smallest absolute Gasteiger partial charge is 0.240 e. The molecule has 2 aliphatic rings. The first kappa shape index (κ1) is 11.2. The third-order valence-corrected chi connectivity index (χ3v) is 3.71. The van der Waals surface area contributed by atoms with Crippen molar-refractivity contribution in [2.75, 3.05) is 0 Å². The maximum atomic E-state index is 12.1. The van der Waals surface area contributed by atoms with Crippen molar-refractivity contribution in [3.63, 3.8) is 0 Å². The Morgan fingerprint density at radius 1 is 1.38 bits per heavy atom. The van der Waals surface area contributed by atoms with Crippen molar-refractivity contribution < 1.29 is 4.79 Å². The predicted octanol–water partition coefficient (Wildman–Crippen LogP) is 2.30. The van der Waals surface area contributed by atoms with E-state index in [0.717, 1.165) is 44.9 Å². The summed E-state index contributed by atoms with van der Waals surface area (Å²) in [5.74, 6) is -0.0344. The highest BCUT2D eigenvalue weighted by atomic mass is 16.2. The summed E-state index contributed by atoms with van der Waals surface area (Å²) in [4.78, 5) is 12.1. The number of nitriles is 1. The van der Waals surface area contributed by atoms with Gasteiger partial charge < -0.3 is 5.32 Å². The van der Waals surface area contributed by atoms with Gasteiger partial charge in [-0.15, -0.1) is 0 Å². The fourth-order valence-corrected chi connectivity index (χ4v) is 2.62. The van der Waals surface area contributed by atoms with Gasteiger partial charge in [-0.1, -0.05) is 25.0 Å². The minimum atomic E-state index is -0.721. The van der Waals surface area contributed by atoms with Crippen LogP contribution in [0.1, 0.15) is 44.9 Å². The third-order valence-electron chi connectivity index (χ3n) is 3.71. The van der Waals surface area contributed by atoms with Crippen molar-refractivity contribution in [2.24, 2.45) is 5.41 Å². The molecular weight excluding hydrogens is 200 g/mol. The van der Waals surface area contributed by atoms with Gasteiger partial charge in [0.25, 0.3) is 0 Å². The van der Waals surface area contributed by atoms with Crippen LogP contribution in [-0.2, 0) is 4.79 Å². The van der Waals surface area contributed by atoms with Crippen LogP contribution < -0.4 is 5.32 Å². The average molecular weight is 218 g/mol. The molecule has 0 bridgehead atoms. The number of amides is 1. The number of nitrogens with zero attached hydrogens (tertiary/aromatic N) is 1. The van der Waals surface area contributed by atoms with E-state index >= 15 is 0 Å². The maximum absolute atomic E-state index is 12.1. The molecule has 1 atom stereocenters. The van der Waals surface area contributed by atoms with Gasteiger partial charge in [0.1, 0.15) is 5.41 Å². The average Bonchev–Trinajstić information content (AvgIpc) is 2.80. The molecule has 16 heavy (non-hydrogen) atoms. The number of rotatable bonds is 2. The van der Waals surface area contributed by atoms with Crippen molar-refractivity contribution in [1.82, 2.24) is 5.32 Å². The van der Waals surface area contributed by atoms with Crippen LogP contribution in [0.25, 0.3) is 0 Å². The molecule has 86 valence electrons. The fraction of sp³-hybridized carbons (Fsp3) is 0.692. The Balaban J connectivity index is 1.96. The summed E-state index contributed by atoms with van der Waals surface area (Å²) in [6.45, 7) is 0. The lowest BCUT2D eigenvalue weighted by Crippen LogP contribution is -2.44. The Kier molecular flexibility index (Phi) is 3.28. The first-order chi connectivity index (χ1) is 7.77. The van der Waals surface area contributed by atoms with Crippen molar-refractivity contribution in [3.8, 4) is 6.07 Å². The van der Waals surface area contributed by atoms with Gasteiger partial charge in [-0.3, -0.25) is 4.79 Å². The Morgan fingerprint density at radius 2 is 2.12 bits per heavy atom. The van der Waals surface area contributed by atoms with Gasteiger partial charge in [0.15, 0.2) is 0 Å². The number of carbonyl (C=O) groups is 1. The van der Waals surface area contributed by atoms with Crippen LogP contribution in [-0.4, -0.2) is 11.9 Å². The monoisotopic (exact) mass is 218 g/mol. The Labute approximate surface area is 96.5 Å². The van der Waals surface area contributed by atoms with E-state index < -0.39 is 5.41 Å². The summed E-state index contributed by atoms with van der Waals surface area (Å²) in [5, 5.41) is 12.2. The second kappa shape index (κ2) is 4.69. The highest BCUT2D eigenvalue weighted by Gasteiger charge is 2.41. The van der Waals surface area contributed by atoms with E-state index in [-0.39, 0.29) is 11.9 Å². The first-order valence-corrected chi connectivity index (χ1v) is 6.14. The zero-order valence-electron chi connectivity index (χ0n) is 9.54. The van der Waals surface area contributed by atoms with Crippen LogP contribution in [0.5, 0.6) is 0 Å². The summed E-state index contributed by atoms with van der Waals surface area (Å²) < 4.78 is 0. The molecule has 0 heterocycles. The summed E-state index contributed by atoms with van der Waals surface area (Å²) in [6.07, 6.45) is 10.7. The third kappa shape index (κ3) is 2.11.